The van der Waals surface area contributed by atoms with Gasteiger partial charge in [-0.2, -0.15) is 0 Å². The number of carboxylic acid groups (broad SMARTS) is 1. The predicted molar refractivity (Wildman–Crippen MR) is 81.0 cm³/mol. The van der Waals surface area contributed by atoms with Crippen LogP contribution in [0.4, 0.5) is 0 Å². The third kappa shape index (κ3) is 3.44. The minimum absolute atomic E-state index is 0.000872. The molecule has 2 heterocycles. The fourth-order valence-corrected chi connectivity index (χ4v) is 3.56. The Bertz CT molecular complexity index is 648. The van der Waals surface area contributed by atoms with Crippen LogP contribution in [0.25, 0.3) is 0 Å². The number of nitrogens with zero attached hydrogens (tertiary/aromatic N) is 4. The third-order valence-electron chi connectivity index (χ3n) is 3.26. The summed E-state index contributed by atoms with van der Waals surface area (Å²) in [6, 6.07) is 0. The molecule has 2 aromatic heterocycles. The molecule has 0 atom stereocenters. The standard InChI is InChI=1S/C13H16N4O2S2/c1-2-9-5-14-10(21-9)6-17-12(8-3-4-8)15-16-13(17)20-7-11(18)19/h5,8H,2-4,6-7H2,1H3,(H,18,19). The highest BCUT2D eigenvalue weighted by molar-refractivity contribution is 7.99. The Labute approximate surface area is 130 Å². The molecule has 3 rings (SSSR count). The van der Waals surface area contributed by atoms with E-state index in [-0.39, 0.29) is 5.75 Å². The summed E-state index contributed by atoms with van der Waals surface area (Å²) >= 11 is 2.91. The van der Waals surface area contributed by atoms with E-state index in [4.69, 9.17) is 5.11 Å². The lowest BCUT2D eigenvalue weighted by atomic mass is 10.4. The number of hydrogen-bond donors (Lipinski definition) is 1. The van der Waals surface area contributed by atoms with Gasteiger partial charge in [-0.05, 0) is 19.3 Å². The van der Waals surface area contributed by atoms with Gasteiger partial charge in [0.1, 0.15) is 10.8 Å². The quantitative estimate of drug-likeness (QED) is 0.788. The van der Waals surface area contributed by atoms with Gasteiger partial charge in [-0.1, -0.05) is 18.7 Å². The van der Waals surface area contributed by atoms with Crippen molar-refractivity contribution in [1.29, 1.82) is 0 Å². The molecule has 0 radical (unpaired) electrons. The van der Waals surface area contributed by atoms with Crippen LogP contribution in [-0.4, -0.2) is 36.6 Å². The van der Waals surface area contributed by atoms with Gasteiger partial charge in [0.05, 0.1) is 12.3 Å². The van der Waals surface area contributed by atoms with E-state index in [2.05, 4.69) is 22.1 Å². The number of aryl methyl sites for hydroxylation is 1. The molecule has 0 unspecified atom stereocenters. The minimum atomic E-state index is -0.843. The SMILES string of the molecule is CCc1cnc(Cn2c(SCC(=O)O)nnc2C2CC2)s1. The summed E-state index contributed by atoms with van der Waals surface area (Å²) in [7, 11) is 0. The summed E-state index contributed by atoms with van der Waals surface area (Å²) in [6.45, 7) is 2.74. The molecule has 0 aliphatic heterocycles. The highest BCUT2D eigenvalue weighted by Gasteiger charge is 2.30. The Kier molecular flexibility index (Phi) is 4.25. The van der Waals surface area contributed by atoms with E-state index in [9.17, 15) is 4.79 Å². The van der Waals surface area contributed by atoms with Gasteiger partial charge in [-0.25, -0.2) is 4.98 Å². The van der Waals surface area contributed by atoms with Crippen LogP contribution in [0, 0.1) is 0 Å². The molecule has 1 saturated carbocycles. The van der Waals surface area contributed by atoms with Crippen LogP contribution in [0.5, 0.6) is 0 Å². The van der Waals surface area contributed by atoms with E-state index in [1.54, 1.807) is 11.3 Å². The van der Waals surface area contributed by atoms with Gasteiger partial charge in [0, 0.05) is 17.0 Å². The summed E-state index contributed by atoms with van der Waals surface area (Å²) < 4.78 is 2.03. The number of thiazole rings is 1. The second-order valence-corrected chi connectivity index (χ2v) is 7.10. The van der Waals surface area contributed by atoms with Crippen molar-refractivity contribution < 1.29 is 9.90 Å². The van der Waals surface area contributed by atoms with Gasteiger partial charge >= 0.3 is 5.97 Å². The Morgan fingerprint density at radius 3 is 2.95 bits per heavy atom. The molecule has 1 fully saturated rings. The van der Waals surface area contributed by atoms with Crippen LogP contribution in [0.15, 0.2) is 11.4 Å². The second-order valence-electron chi connectivity index (χ2n) is 4.96. The van der Waals surface area contributed by atoms with Crippen molar-refractivity contribution >= 4 is 29.1 Å². The second kappa shape index (κ2) is 6.15. The normalized spacial score (nSPS) is 14.5. The zero-order valence-corrected chi connectivity index (χ0v) is 13.3. The van der Waals surface area contributed by atoms with Crippen molar-refractivity contribution in [2.24, 2.45) is 0 Å². The fourth-order valence-electron chi connectivity index (χ4n) is 2.05. The van der Waals surface area contributed by atoms with E-state index in [0.717, 1.165) is 30.1 Å². The summed E-state index contributed by atoms with van der Waals surface area (Å²) in [5.41, 5.74) is 0. The van der Waals surface area contributed by atoms with Crippen molar-refractivity contribution in [3.63, 3.8) is 0 Å². The molecule has 1 aliphatic carbocycles. The Morgan fingerprint density at radius 2 is 2.33 bits per heavy atom. The van der Waals surface area contributed by atoms with Gasteiger partial charge in [0.25, 0.3) is 0 Å². The lowest BCUT2D eigenvalue weighted by Crippen LogP contribution is -2.07. The van der Waals surface area contributed by atoms with E-state index >= 15 is 0 Å². The van der Waals surface area contributed by atoms with Crippen LogP contribution >= 0.6 is 23.1 Å². The van der Waals surface area contributed by atoms with E-state index in [1.807, 2.05) is 10.8 Å². The molecule has 1 aliphatic rings. The van der Waals surface area contributed by atoms with Crippen molar-refractivity contribution in [1.82, 2.24) is 19.7 Å². The summed E-state index contributed by atoms with van der Waals surface area (Å²) in [6.07, 6.45) is 5.17. The van der Waals surface area contributed by atoms with Gasteiger partial charge in [0.2, 0.25) is 0 Å². The summed E-state index contributed by atoms with van der Waals surface area (Å²) in [5.74, 6) is 0.601. The molecule has 6 nitrogen and oxygen atoms in total. The maximum atomic E-state index is 10.7. The number of thioether (sulfide) groups is 1. The van der Waals surface area contributed by atoms with Gasteiger partial charge < -0.3 is 5.11 Å². The van der Waals surface area contributed by atoms with Crippen molar-refractivity contribution in [3.05, 3.63) is 21.9 Å². The topological polar surface area (TPSA) is 80.9 Å². The molecule has 1 N–H and O–H groups in total. The Balaban J connectivity index is 1.83. The third-order valence-corrected chi connectivity index (χ3v) is 5.33. The molecule has 2 aromatic rings. The largest absolute Gasteiger partial charge is 0.481 e. The lowest BCUT2D eigenvalue weighted by molar-refractivity contribution is -0.133. The maximum absolute atomic E-state index is 10.7. The average molecular weight is 324 g/mol. The fraction of sp³-hybridized carbons (Fsp3) is 0.538. The molecule has 0 bridgehead atoms. The molecular formula is C13H16N4O2S2. The summed E-state index contributed by atoms with van der Waals surface area (Å²) in [5, 5.41) is 18.9. The zero-order valence-electron chi connectivity index (χ0n) is 11.7. The molecule has 0 spiro atoms. The van der Waals surface area contributed by atoms with Crippen molar-refractivity contribution in [2.75, 3.05) is 5.75 Å². The zero-order chi connectivity index (χ0) is 14.8. The van der Waals surface area contributed by atoms with Gasteiger partial charge in [-0.15, -0.1) is 21.5 Å². The van der Waals surface area contributed by atoms with Crippen LogP contribution in [-0.2, 0) is 17.8 Å². The number of rotatable bonds is 7. The monoisotopic (exact) mass is 324 g/mol. The number of aromatic nitrogens is 4. The Hall–Kier alpha value is -1.41. The minimum Gasteiger partial charge on any atom is -0.481 e. The van der Waals surface area contributed by atoms with Crippen LogP contribution < -0.4 is 0 Å². The average Bonchev–Trinajstić information content (AvgIpc) is 3.07. The smallest absolute Gasteiger partial charge is 0.313 e. The highest BCUT2D eigenvalue weighted by Crippen LogP contribution is 2.40. The number of carboxylic acids is 1. The van der Waals surface area contributed by atoms with Crippen molar-refractivity contribution in [3.8, 4) is 0 Å². The Morgan fingerprint density at radius 1 is 1.52 bits per heavy atom. The first-order valence-corrected chi connectivity index (χ1v) is 8.68. The van der Waals surface area contributed by atoms with Gasteiger partial charge in [0.15, 0.2) is 5.16 Å². The lowest BCUT2D eigenvalue weighted by Gasteiger charge is -2.07. The molecule has 8 heteroatoms. The van der Waals surface area contributed by atoms with E-state index in [1.165, 1.54) is 16.6 Å². The van der Waals surface area contributed by atoms with Crippen LogP contribution in [0.2, 0.25) is 0 Å². The number of aliphatic carboxylic acids is 1. The van der Waals surface area contributed by atoms with Gasteiger partial charge in [-0.3, -0.25) is 9.36 Å². The highest BCUT2D eigenvalue weighted by atomic mass is 32.2. The van der Waals surface area contributed by atoms with Crippen molar-refractivity contribution in [2.45, 2.75) is 43.8 Å². The van der Waals surface area contributed by atoms with Crippen LogP contribution in [0.3, 0.4) is 0 Å². The first-order valence-electron chi connectivity index (χ1n) is 6.88. The molecule has 0 aromatic carbocycles. The molecular weight excluding hydrogens is 308 g/mol. The van der Waals surface area contributed by atoms with Crippen LogP contribution in [0.1, 0.15) is 41.4 Å². The number of carbonyl (C=O) groups is 1. The maximum Gasteiger partial charge on any atom is 0.313 e. The molecule has 0 saturated heterocycles. The molecule has 0 amide bonds. The number of hydrogen-bond acceptors (Lipinski definition) is 6. The first kappa shape index (κ1) is 14.5. The van der Waals surface area contributed by atoms with E-state index in [0.29, 0.717) is 17.6 Å². The molecule has 112 valence electrons. The van der Waals surface area contributed by atoms with E-state index < -0.39 is 5.97 Å². The summed E-state index contributed by atoms with van der Waals surface area (Å²) in [4.78, 5) is 16.4. The first-order chi connectivity index (χ1) is 10.2. The molecule has 21 heavy (non-hydrogen) atoms. The predicted octanol–water partition coefficient (Wildman–Crippen LogP) is 2.40.